The number of nitrogens with one attached hydrogen (secondary N) is 1. The van der Waals surface area contributed by atoms with Crippen LogP contribution >= 0.6 is 15.9 Å². The summed E-state index contributed by atoms with van der Waals surface area (Å²) in [6.07, 6.45) is 1.44. The summed E-state index contributed by atoms with van der Waals surface area (Å²) in [4.78, 5) is 10.6. The molecule has 144 valence electrons. The molecule has 0 radical (unpaired) electrons. The van der Waals surface area contributed by atoms with Crippen LogP contribution in [0, 0.1) is 0 Å². The van der Waals surface area contributed by atoms with Crippen LogP contribution in [0.4, 0.5) is 4.79 Å². The van der Waals surface area contributed by atoms with E-state index in [1.807, 2.05) is 18.2 Å². The van der Waals surface area contributed by atoms with Gasteiger partial charge >= 0.3 is 6.03 Å². The highest BCUT2D eigenvalue weighted by atomic mass is 79.9. The molecule has 0 saturated carbocycles. The standard InChI is InChI=1S/C18H20BrN3O5/c1-24-13-4-3-5-14(10-13)26-6-7-27-17-15(19)8-12(9-16(17)25-2)11-21-22-18(20)23/h3-5,8-11H,6-7H2,1-2H3,(H3,20,22,23)/b21-11+. The number of urea groups is 1. The lowest BCUT2D eigenvalue weighted by atomic mass is 10.2. The molecule has 3 N–H and O–H groups in total. The average Bonchev–Trinajstić information content (AvgIpc) is 2.66. The number of nitrogens with two attached hydrogens (primary N) is 1. The lowest BCUT2D eigenvalue weighted by Gasteiger charge is -2.14. The maximum atomic E-state index is 10.6. The smallest absolute Gasteiger partial charge is 0.332 e. The van der Waals surface area contributed by atoms with Crippen LogP contribution in [-0.4, -0.2) is 39.7 Å². The average molecular weight is 438 g/mol. The Morgan fingerprint density at radius 1 is 1.15 bits per heavy atom. The largest absolute Gasteiger partial charge is 0.497 e. The maximum Gasteiger partial charge on any atom is 0.332 e. The van der Waals surface area contributed by atoms with E-state index in [9.17, 15) is 4.79 Å². The van der Waals surface area contributed by atoms with Crippen LogP contribution in [0.2, 0.25) is 0 Å². The van der Waals surface area contributed by atoms with Gasteiger partial charge in [-0.1, -0.05) is 6.07 Å². The number of primary amides is 1. The Balaban J connectivity index is 1.96. The van der Waals surface area contributed by atoms with E-state index in [4.69, 9.17) is 24.7 Å². The molecule has 2 aromatic carbocycles. The fourth-order valence-corrected chi connectivity index (χ4v) is 2.69. The summed E-state index contributed by atoms with van der Waals surface area (Å²) in [6.45, 7) is 0.650. The molecular weight excluding hydrogens is 418 g/mol. The van der Waals surface area contributed by atoms with Gasteiger partial charge in [-0.3, -0.25) is 0 Å². The molecule has 0 spiro atoms. The summed E-state index contributed by atoms with van der Waals surface area (Å²) < 4.78 is 22.6. The zero-order valence-electron chi connectivity index (χ0n) is 14.9. The van der Waals surface area contributed by atoms with Crippen LogP contribution in [-0.2, 0) is 0 Å². The van der Waals surface area contributed by atoms with Gasteiger partial charge in [0.1, 0.15) is 24.7 Å². The summed E-state index contributed by atoms with van der Waals surface area (Å²) in [5, 5.41) is 3.71. The molecule has 0 saturated heterocycles. The molecular formula is C18H20BrN3O5. The second kappa shape index (κ2) is 10.3. The number of rotatable bonds is 9. The molecule has 0 aliphatic carbocycles. The van der Waals surface area contributed by atoms with Gasteiger partial charge < -0.3 is 24.7 Å². The molecule has 8 nitrogen and oxygen atoms in total. The molecule has 0 aromatic heterocycles. The molecule has 0 aliphatic rings. The van der Waals surface area contributed by atoms with Crippen molar-refractivity contribution in [3.8, 4) is 23.0 Å². The van der Waals surface area contributed by atoms with Gasteiger partial charge in [0.2, 0.25) is 0 Å². The molecule has 0 heterocycles. The van der Waals surface area contributed by atoms with Gasteiger partial charge in [-0.05, 0) is 45.8 Å². The minimum atomic E-state index is -0.742. The fourth-order valence-electron chi connectivity index (χ4n) is 2.12. The Hall–Kier alpha value is -2.94. The van der Waals surface area contributed by atoms with Crippen molar-refractivity contribution in [2.24, 2.45) is 10.8 Å². The summed E-state index contributed by atoms with van der Waals surface area (Å²) in [6, 6.07) is 10.1. The number of hydrogen-bond donors (Lipinski definition) is 2. The predicted molar refractivity (Wildman–Crippen MR) is 105 cm³/mol. The van der Waals surface area contributed by atoms with Crippen molar-refractivity contribution >= 4 is 28.2 Å². The topological polar surface area (TPSA) is 104 Å². The highest BCUT2D eigenvalue weighted by Crippen LogP contribution is 2.36. The first-order chi connectivity index (χ1) is 13.0. The van der Waals surface area contributed by atoms with Gasteiger partial charge in [0.05, 0.1) is 24.9 Å². The molecule has 9 heteroatoms. The SMILES string of the molecule is COc1cccc(OCCOc2c(Br)cc(/C=N/NC(N)=O)cc2OC)c1. The van der Waals surface area contributed by atoms with Gasteiger partial charge in [-0.15, -0.1) is 0 Å². The second-order valence-corrected chi connectivity index (χ2v) is 6.00. The fraction of sp³-hybridized carbons (Fsp3) is 0.222. The van der Waals surface area contributed by atoms with Gasteiger partial charge in [0, 0.05) is 6.07 Å². The number of halogens is 1. The van der Waals surface area contributed by atoms with E-state index < -0.39 is 6.03 Å². The maximum absolute atomic E-state index is 10.6. The van der Waals surface area contributed by atoms with Crippen molar-refractivity contribution in [3.63, 3.8) is 0 Å². The van der Waals surface area contributed by atoms with Crippen molar-refractivity contribution in [1.29, 1.82) is 0 Å². The number of ether oxygens (including phenoxy) is 4. The highest BCUT2D eigenvalue weighted by Gasteiger charge is 2.11. The van der Waals surface area contributed by atoms with E-state index in [1.54, 1.807) is 25.3 Å². The third-order valence-electron chi connectivity index (χ3n) is 3.28. The molecule has 0 fully saturated rings. The first-order valence-corrected chi connectivity index (χ1v) is 8.68. The van der Waals surface area contributed by atoms with E-state index in [-0.39, 0.29) is 0 Å². The van der Waals surface area contributed by atoms with Crippen LogP contribution in [0.3, 0.4) is 0 Å². The van der Waals surface area contributed by atoms with Crippen molar-refractivity contribution in [3.05, 3.63) is 46.4 Å². The van der Waals surface area contributed by atoms with Crippen molar-refractivity contribution in [2.45, 2.75) is 0 Å². The summed E-state index contributed by atoms with van der Waals surface area (Å²) in [7, 11) is 3.13. The van der Waals surface area contributed by atoms with Gasteiger partial charge in [0.15, 0.2) is 11.5 Å². The van der Waals surface area contributed by atoms with Crippen molar-refractivity contribution < 1.29 is 23.7 Å². The predicted octanol–water partition coefficient (Wildman–Crippen LogP) is 2.93. The third-order valence-corrected chi connectivity index (χ3v) is 3.87. The Morgan fingerprint density at radius 2 is 1.89 bits per heavy atom. The van der Waals surface area contributed by atoms with E-state index in [1.165, 1.54) is 13.3 Å². The number of hydrazone groups is 1. The Kier molecular flexibility index (Phi) is 7.75. The minimum Gasteiger partial charge on any atom is -0.497 e. The molecule has 0 atom stereocenters. The van der Waals surface area contributed by atoms with E-state index in [0.717, 1.165) is 5.75 Å². The summed E-state index contributed by atoms with van der Waals surface area (Å²) >= 11 is 3.44. The summed E-state index contributed by atoms with van der Waals surface area (Å²) in [5.41, 5.74) is 7.77. The zero-order chi connectivity index (χ0) is 19.6. The van der Waals surface area contributed by atoms with E-state index in [0.29, 0.717) is 40.5 Å². The number of carbonyl (C=O) groups is 1. The van der Waals surface area contributed by atoms with E-state index in [2.05, 4.69) is 26.5 Å². The molecule has 2 rings (SSSR count). The quantitative estimate of drug-likeness (QED) is 0.356. The first-order valence-electron chi connectivity index (χ1n) is 7.89. The number of amides is 2. The van der Waals surface area contributed by atoms with Crippen molar-refractivity contribution in [2.75, 3.05) is 27.4 Å². The third kappa shape index (κ3) is 6.37. The van der Waals surface area contributed by atoms with Crippen LogP contribution in [0.25, 0.3) is 0 Å². The lowest BCUT2D eigenvalue weighted by molar-refractivity contribution is 0.210. The first kappa shape index (κ1) is 20.4. The zero-order valence-corrected chi connectivity index (χ0v) is 16.5. The Labute approximate surface area is 165 Å². The second-order valence-electron chi connectivity index (χ2n) is 5.14. The van der Waals surface area contributed by atoms with E-state index >= 15 is 0 Å². The van der Waals surface area contributed by atoms with Crippen LogP contribution in [0.5, 0.6) is 23.0 Å². The minimum absolute atomic E-state index is 0.308. The molecule has 2 aromatic rings. The number of nitrogens with zero attached hydrogens (tertiary/aromatic N) is 1. The highest BCUT2D eigenvalue weighted by molar-refractivity contribution is 9.10. The summed E-state index contributed by atoms with van der Waals surface area (Å²) in [5.74, 6) is 2.46. The van der Waals surface area contributed by atoms with Crippen molar-refractivity contribution in [1.82, 2.24) is 5.43 Å². The molecule has 2 amide bonds. The Bertz CT molecular complexity index is 814. The number of hydrogen-bond acceptors (Lipinski definition) is 6. The number of carbonyl (C=O) groups excluding carboxylic acids is 1. The Morgan fingerprint density at radius 3 is 2.59 bits per heavy atom. The molecule has 0 aliphatic heterocycles. The van der Waals surface area contributed by atoms with Crippen LogP contribution in [0.1, 0.15) is 5.56 Å². The van der Waals surface area contributed by atoms with Crippen LogP contribution < -0.4 is 30.1 Å². The number of methoxy groups -OCH3 is 2. The molecule has 0 unspecified atom stereocenters. The normalized spacial score (nSPS) is 10.5. The van der Waals surface area contributed by atoms with Crippen LogP contribution in [0.15, 0.2) is 46.0 Å². The molecule has 27 heavy (non-hydrogen) atoms. The van der Waals surface area contributed by atoms with Gasteiger partial charge in [-0.25, -0.2) is 10.2 Å². The van der Waals surface area contributed by atoms with Gasteiger partial charge in [0.25, 0.3) is 0 Å². The van der Waals surface area contributed by atoms with Gasteiger partial charge in [-0.2, -0.15) is 5.10 Å². The lowest BCUT2D eigenvalue weighted by Crippen LogP contribution is -2.24. The number of benzene rings is 2. The molecule has 0 bridgehead atoms. The monoisotopic (exact) mass is 437 g/mol.